The summed E-state index contributed by atoms with van der Waals surface area (Å²) in [6.07, 6.45) is 1.36. The summed E-state index contributed by atoms with van der Waals surface area (Å²) in [5.74, 6) is 0.378. The van der Waals surface area contributed by atoms with Crippen LogP contribution in [0, 0.1) is 17.0 Å². The molecule has 0 bridgehead atoms. The maximum Gasteiger partial charge on any atom is 0.353 e. The molecule has 8 nitrogen and oxygen atoms in total. The summed E-state index contributed by atoms with van der Waals surface area (Å²) in [5.41, 5.74) is 4.24. The number of nitrogens with zero attached hydrogens (tertiary/aromatic N) is 5. The maximum atomic E-state index is 12.4. The fourth-order valence-electron chi connectivity index (χ4n) is 4.17. The smallest absolute Gasteiger partial charge is 0.342 e. The molecule has 0 saturated carbocycles. The van der Waals surface area contributed by atoms with Crippen LogP contribution >= 0.6 is 0 Å². The standard InChI is InChI=1S/C28H24N6O2/c1-20-15-16-23-24(31-20)13-8-14-25(23)32-27-26(34(35)36)28(30-19-29-27)33(17-21-9-4-2-5-10-21)18-22-11-6-3-7-12-22/h2-16,19H,17-18H2,1H3,(H,29,30,32). The van der Waals surface area contributed by atoms with Crippen LogP contribution in [0.4, 0.5) is 23.0 Å². The number of hydrogen-bond donors (Lipinski definition) is 1. The summed E-state index contributed by atoms with van der Waals surface area (Å²) in [6, 6.07) is 29.2. The SMILES string of the molecule is Cc1ccc2c(Nc3ncnc(N(Cc4ccccc4)Cc4ccccc4)c3[N+](=O)[O-])cccc2n1. The average Bonchev–Trinajstić information content (AvgIpc) is 2.89. The van der Waals surface area contributed by atoms with E-state index in [0.717, 1.165) is 27.7 Å². The van der Waals surface area contributed by atoms with Gasteiger partial charge >= 0.3 is 5.69 Å². The van der Waals surface area contributed by atoms with E-state index < -0.39 is 4.92 Å². The monoisotopic (exact) mass is 476 g/mol. The highest BCUT2D eigenvalue weighted by molar-refractivity contribution is 5.94. The Balaban J connectivity index is 1.58. The van der Waals surface area contributed by atoms with Crippen LogP contribution in [0.15, 0.2) is 97.3 Å². The van der Waals surface area contributed by atoms with Gasteiger partial charge in [-0.05, 0) is 42.3 Å². The lowest BCUT2D eigenvalue weighted by Crippen LogP contribution is -2.24. The number of anilines is 3. The molecule has 0 atom stereocenters. The number of rotatable bonds is 8. The van der Waals surface area contributed by atoms with E-state index in [4.69, 9.17) is 0 Å². The first-order chi connectivity index (χ1) is 17.6. The van der Waals surface area contributed by atoms with Crippen LogP contribution in [0.1, 0.15) is 16.8 Å². The Morgan fingerprint density at radius 3 is 2.14 bits per heavy atom. The van der Waals surface area contributed by atoms with Gasteiger partial charge in [-0.25, -0.2) is 9.97 Å². The Morgan fingerprint density at radius 2 is 1.50 bits per heavy atom. The summed E-state index contributed by atoms with van der Waals surface area (Å²) in [6.45, 7) is 2.82. The van der Waals surface area contributed by atoms with Crippen molar-refractivity contribution in [2.45, 2.75) is 20.0 Å². The second kappa shape index (κ2) is 10.2. The van der Waals surface area contributed by atoms with E-state index in [0.29, 0.717) is 18.8 Å². The molecule has 1 N–H and O–H groups in total. The quantitative estimate of drug-likeness (QED) is 0.211. The minimum Gasteiger partial charge on any atom is -0.342 e. The molecule has 0 aliphatic heterocycles. The molecular weight excluding hydrogens is 452 g/mol. The van der Waals surface area contributed by atoms with Crippen molar-refractivity contribution >= 4 is 33.9 Å². The zero-order chi connectivity index (χ0) is 24.9. The number of nitrogens with one attached hydrogen (secondary N) is 1. The number of nitro groups is 1. The van der Waals surface area contributed by atoms with Crippen molar-refractivity contribution in [2.75, 3.05) is 10.2 Å². The molecule has 0 aliphatic rings. The number of aryl methyl sites for hydroxylation is 1. The Labute approximate surface area is 208 Å². The molecule has 0 unspecified atom stereocenters. The summed E-state index contributed by atoms with van der Waals surface area (Å²) in [7, 11) is 0. The molecule has 0 aliphatic carbocycles. The van der Waals surface area contributed by atoms with Gasteiger partial charge in [0.25, 0.3) is 0 Å². The normalized spacial score (nSPS) is 10.8. The van der Waals surface area contributed by atoms with Crippen molar-refractivity contribution in [2.24, 2.45) is 0 Å². The third-order valence-electron chi connectivity index (χ3n) is 5.84. The van der Waals surface area contributed by atoms with E-state index in [1.165, 1.54) is 6.33 Å². The molecule has 0 spiro atoms. The second-order valence-electron chi connectivity index (χ2n) is 8.43. The van der Waals surface area contributed by atoms with Gasteiger partial charge < -0.3 is 10.2 Å². The maximum absolute atomic E-state index is 12.4. The van der Waals surface area contributed by atoms with E-state index in [-0.39, 0.29) is 17.3 Å². The van der Waals surface area contributed by atoms with Crippen molar-refractivity contribution in [3.63, 3.8) is 0 Å². The predicted octanol–water partition coefficient (Wildman–Crippen LogP) is 6.19. The molecule has 178 valence electrons. The van der Waals surface area contributed by atoms with Gasteiger partial charge in [0, 0.05) is 29.9 Å². The molecule has 2 heterocycles. The predicted molar refractivity (Wildman–Crippen MR) is 141 cm³/mol. The third-order valence-corrected chi connectivity index (χ3v) is 5.84. The highest BCUT2D eigenvalue weighted by Gasteiger charge is 2.28. The lowest BCUT2D eigenvalue weighted by atomic mass is 10.1. The molecule has 0 amide bonds. The van der Waals surface area contributed by atoms with E-state index >= 15 is 0 Å². The van der Waals surface area contributed by atoms with E-state index in [1.807, 2.05) is 103 Å². The van der Waals surface area contributed by atoms with E-state index in [2.05, 4.69) is 20.3 Å². The van der Waals surface area contributed by atoms with Gasteiger partial charge in [0.15, 0.2) is 0 Å². The van der Waals surface area contributed by atoms with Gasteiger partial charge in [-0.3, -0.25) is 15.1 Å². The van der Waals surface area contributed by atoms with Gasteiger partial charge in [0.1, 0.15) is 6.33 Å². The van der Waals surface area contributed by atoms with Gasteiger partial charge in [0.05, 0.1) is 10.4 Å². The largest absolute Gasteiger partial charge is 0.353 e. The molecule has 5 aromatic rings. The zero-order valence-electron chi connectivity index (χ0n) is 19.7. The Bertz CT molecular complexity index is 1470. The molecule has 2 aromatic heterocycles. The molecular formula is C28H24N6O2. The van der Waals surface area contributed by atoms with Crippen molar-refractivity contribution < 1.29 is 4.92 Å². The minimum absolute atomic E-state index is 0.129. The van der Waals surface area contributed by atoms with Crippen molar-refractivity contribution in [1.82, 2.24) is 15.0 Å². The van der Waals surface area contributed by atoms with Crippen LogP contribution in [-0.2, 0) is 13.1 Å². The Morgan fingerprint density at radius 1 is 0.833 bits per heavy atom. The fourth-order valence-corrected chi connectivity index (χ4v) is 4.17. The van der Waals surface area contributed by atoms with E-state index in [9.17, 15) is 10.1 Å². The number of aromatic nitrogens is 3. The molecule has 36 heavy (non-hydrogen) atoms. The first-order valence-electron chi connectivity index (χ1n) is 11.5. The van der Waals surface area contributed by atoms with Crippen LogP contribution in [0.25, 0.3) is 10.9 Å². The lowest BCUT2D eigenvalue weighted by Gasteiger charge is -2.24. The number of fused-ring (bicyclic) bond motifs is 1. The van der Waals surface area contributed by atoms with Crippen LogP contribution in [0.3, 0.4) is 0 Å². The molecule has 3 aromatic carbocycles. The van der Waals surface area contributed by atoms with Crippen LogP contribution in [0.5, 0.6) is 0 Å². The Hall–Kier alpha value is -4.85. The number of hydrogen-bond acceptors (Lipinski definition) is 7. The molecule has 8 heteroatoms. The van der Waals surface area contributed by atoms with Crippen molar-refractivity contribution in [3.8, 4) is 0 Å². The molecule has 0 fully saturated rings. The molecule has 0 saturated heterocycles. The van der Waals surface area contributed by atoms with Crippen LogP contribution in [-0.4, -0.2) is 19.9 Å². The van der Waals surface area contributed by atoms with Gasteiger partial charge in [-0.2, -0.15) is 0 Å². The third kappa shape index (κ3) is 4.97. The minimum atomic E-state index is -0.422. The van der Waals surface area contributed by atoms with Gasteiger partial charge in [0.2, 0.25) is 11.6 Å². The Kier molecular flexibility index (Phi) is 6.48. The zero-order valence-corrected chi connectivity index (χ0v) is 19.7. The lowest BCUT2D eigenvalue weighted by molar-refractivity contribution is -0.383. The van der Waals surface area contributed by atoms with E-state index in [1.54, 1.807) is 0 Å². The molecule has 0 radical (unpaired) electrons. The van der Waals surface area contributed by atoms with Crippen LogP contribution in [0.2, 0.25) is 0 Å². The number of benzene rings is 3. The first-order valence-corrected chi connectivity index (χ1v) is 11.5. The van der Waals surface area contributed by atoms with Crippen molar-refractivity contribution in [3.05, 3.63) is 124 Å². The van der Waals surface area contributed by atoms with Crippen LogP contribution < -0.4 is 10.2 Å². The topological polar surface area (TPSA) is 97.1 Å². The van der Waals surface area contributed by atoms with Gasteiger partial charge in [-0.1, -0.05) is 66.7 Å². The average molecular weight is 477 g/mol. The summed E-state index contributed by atoms with van der Waals surface area (Å²) >= 11 is 0. The highest BCUT2D eigenvalue weighted by atomic mass is 16.6. The summed E-state index contributed by atoms with van der Waals surface area (Å²) in [4.78, 5) is 27.1. The first kappa shape index (κ1) is 22.9. The summed E-state index contributed by atoms with van der Waals surface area (Å²) in [5, 5.41) is 16.4. The fraction of sp³-hybridized carbons (Fsp3) is 0.107. The highest BCUT2D eigenvalue weighted by Crippen LogP contribution is 2.36. The summed E-state index contributed by atoms with van der Waals surface area (Å²) < 4.78 is 0. The number of pyridine rings is 1. The van der Waals surface area contributed by atoms with Gasteiger partial charge in [-0.15, -0.1) is 0 Å². The molecule has 5 rings (SSSR count). The second-order valence-corrected chi connectivity index (χ2v) is 8.43. The van der Waals surface area contributed by atoms with Crippen molar-refractivity contribution in [1.29, 1.82) is 0 Å².